The molecule has 6 rings (SSSR count). The molecule has 2 aliphatic rings. The molecular weight excluding hydrogens is 459 g/mol. The first-order valence-electron chi connectivity index (χ1n) is 12.2. The van der Waals surface area contributed by atoms with Crippen LogP contribution in [0.2, 0.25) is 0 Å². The van der Waals surface area contributed by atoms with Crippen LogP contribution in [0.3, 0.4) is 0 Å². The van der Waals surface area contributed by atoms with E-state index in [1.54, 1.807) is 32.4 Å². The lowest BCUT2D eigenvalue weighted by Gasteiger charge is -2.41. The Labute approximate surface area is 209 Å². The van der Waals surface area contributed by atoms with Crippen molar-refractivity contribution in [3.63, 3.8) is 0 Å². The van der Waals surface area contributed by atoms with Gasteiger partial charge in [-0.15, -0.1) is 0 Å². The van der Waals surface area contributed by atoms with Crippen LogP contribution in [0.4, 0.5) is 4.39 Å². The smallest absolute Gasteiger partial charge is 0.162 e. The molecule has 1 N–H and O–H groups in total. The number of methoxy groups -OCH3 is 2. The first-order chi connectivity index (χ1) is 17.6. The van der Waals surface area contributed by atoms with Gasteiger partial charge in [0.15, 0.2) is 11.5 Å². The van der Waals surface area contributed by atoms with Gasteiger partial charge in [0, 0.05) is 35.8 Å². The van der Waals surface area contributed by atoms with E-state index in [4.69, 9.17) is 14.2 Å². The lowest BCUT2D eigenvalue weighted by Crippen LogP contribution is -2.39. The molecule has 0 saturated carbocycles. The summed E-state index contributed by atoms with van der Waals surface area (Å²) in [6.07, 6.45) is 1.72. The summed E-state index contributed by atoms with van der Waals surface area (Å²) in [6, 6.07) is 17.0. The van der Waals surface area contributed by atoms with Crippen molar-refractivity contribution >= 4 is 10.9 Å². The van der Waals surface area contributed by atoms with Crippen LogP contribution in [-0.2, 0) is 32.7 Å². The zero-order valence-electron chi connectivity index (χ0n) is 20.5. The van der Waals surface area contributed by atoms with Gasteiger partial charge in [-0.25, -0.2) is 4.39 Å². The minimum absolute atomic E-state index is 0.0571. The highest BCUT2D eigenvalue weighted by atomic mass is 19.1. The van der Waals surface area contributed by atoms with Crippen molar-refractivity contribution in [1.29, 1.82) is 0 Å². The summed E-state index contributed by atoms with van der Waals surface area (Å²) in [6.45, 7) is 1.75. The first-order valence-corrected chi connectivity index (χ1v) is 12.2. The largest absolute Gasteiger partial charge is 0.497 e. The molecule has 36 heavy (non-hydrogen) atoms. The maximum Gasteiger partial charge on any atom is 0.162 e. The van der Waals surface area contributed by atoms with Crippen LogP contribution in [0.5, 0.6) is 17.2 Å². The fourth-order valence-corrected chi connectivity index (χ4v) is 5.77. The molecular formula is C29H29FN2O4. The molecule has 1 atom stereocenters. The number of nitrogens with zero attached hydrogens (tertiary/aromatic N) is 2. The van der Waals surface area contributed by atoms with Crippen LogP contribution in [0.1, 0.15) is 34.0 Å². The van der Waals surface area contributed by atoms with Crippen LogP contribution in [0.15, 0.2) is 54.6 Å². The SMILES string of the molecule is COc1ccc2c(c1)c1c(n2CO)CN2CCc3cc(OC)c(OCc4ccccc4F)cc3C2C1. The van der Waals surface area contributed by atoms with E-state index in [9.17, 15) is 9.50 Å². The fraction of sp³-hybridized carbons (Fsp3) is 0.310. The second-order valence-electron chi connectivity index (χ2n) is 9.40. The number of hydrogen-bond acceptors (Lipinski definition) is 5. The van der Waals surface area contributed by atoms with E-state index in [1.807, 2.05) is 16.7 Å². The number of aliphatic hydroxyl groups excluding tert-OH is 1. The van der Waals surface area contributed by atoms with Gasteiger partial charge < -0.3 is 23.9 Å². The van der Waals surface area contributed by atoms with Crippen molar-refractivity contribution in [3.05, 3.63) is 88.4 Å². The molecule has 0 fully saturated rings. The molecule has 1 unspecified atom stereocenters. The van der Waals surface area contributed by atoms with Gasteiger partial charge in [0.25, 0.3) is 0 Å². The number of aromatic nitrogens is 1. The van der Waals surface area contributed by atoms with Crippen LogP contribution >= 0.6 is 0 Å². The highest BCUT2D eigenvalue weighted by Crippen LogP contribution is 2.45. The van der Waals surface area contributed by atoms with Crippen LogP contribution in [-0.4, -0.2) is 35.3 Å². The molecule has 0 bridgehead atoms. The van der Waals surface area contributed by atoms with E-state index < -0.39 is 0 Å². The Balaban J connectivity index is 1.39. The monoisotopic (exact) mass is 488 g/mol. The Hall–Kier alpha value is -3.55. The topological polar surface area (TPSA) is 56.1 Å². The molecule has 186 valence electrons. The Morgan fingerprint density at radius 3 is 2.67 bits per heavy atom. The predicted molar refractivity (Wildman–Crippen MR) is 135 cm³/mol. The van der Waals surface area contributed by atoms with Crippen molar-refractivity contribution in [1.82, 2.24) is 9.47 Å². The van der Waals surface area contributed by atoms with Gasteiger partial charge in [-0.05, 0) is 65.9 Å². The average Bonchev–Trinajstić information content (AvgIpc) is 3.22. The Bertz CT molecular complexity index is 1450. The van der Waals surface area contributed by atoms with Gasteiger partial charge in [-0.2, -0.15) is 0 Å². The molecule has 3 heterocycles. The lowest BCUT2D eigenvalue weighted by atomic mass is 9.85. The number of aliphatic hydroxyl groups is 1. The minimum atomic E-state index is -0.281. The Morgan fingerprint density at radius 2 is 1.89 bits per heavy atom. The molecule has 0 amide bonds. The van der Waals surface area contributed by atoms with Crippen molar-refractivity contribution in [2.75, 3.05) is 20.8 Å². The van der Waals surface area contributed by atoms with E-state index >= 15 is 0 Å². The zero-order valence-corrected chi connectivity index (χ0v) is 20.5. The Morgan fingerprint density at radius 1 is 1.03 bits per heavy atom. The maximum absolute atomic E-state index is 14.2. The standard InChI is InChI=1S/C29H29FN2O4/c1-34-20-7-8-25-22(12-20)23-13-26-21-14-29(36-16-19-5-3-4-6-24(19)30)28(35-2)11-18(21)9-10-31(26)15-27(23)32(25)17-33/h3-8,11-12,14,26,33H,9-10,13,15-17H2,1-2H3. The third-order valence-electron chi connectivity index (χ3n) is 7.62. The molecule has 0 aliphatic carbocycles. The molecule has 0 saturated heterocycles. The van der Waals surface area contributed by atoms with Gasteiger partial charge >= 0.3 is 0 Å². The second-order valence-corrected chi connectivity index (χ2v) is 9.40. The van der Waals surface area contributed by atoms with Crippen molar-refractivity contribution in [2.45, 2.75) is 38.8 Å². The van der Waals surface area contributed by atoms with E-state index in [0.717, 1.165) is 48.3 Å². The summed E-state index contributed by atoms with van der Waals surface area (Å²) in [5.74, 6) is 1.81. The summed E-state index contributed by atoms with van der Waals surface area (Å²) >= 11 is 0. The van der Waals surface area contributed by atoms with Gasteiger partial charge in [-0.3, -0.25) is 4.90 Å². The number of rotatable bonds is 6. The first kappa shape index (κ1) is 22.9. The van der Waals surface area contributed by atoms with Gasteiger partial charge in [-0.1, -0.05) is 18.2 Å². The average molecular weight is 489 g/mol. The molecule has 3 aromatic carbocycles. The maximum atomic E-state index is 14.2. The zero-order chi connectivity index (χ0) is 24.8. The quantitative estimate of drug-likeness (QED) is 0.415. The highest BCUT2D eigenvalue weighted by molar-refractivity contribution is 5.87. The molecule has 0 spiro atoms. The molecule has 6 nitrogen and oxygen atoms in total. The van der Waals surface area contributed by atoms with E-state index in [2.05, 4.69) is 23.1 Å². The number of benzene rings is 3. The summed E-state index contributed by atoms with van der Waals surface area (Å²) in [4.78, 5) is 2.47. The molecule has 2 aliphatic heterocycles. The summed E-state index contributed by atoms with van der Waals surface area (Å²) in [5.41, 5.74) is 6.39. The second kappa shape index (κ2) is 9.15. The lowest BCUT2D eigenvalue weighted by molar-refractivity contribution is 0.145. The predicted octanol–water partition coefficient (Wildman–Crippen LogP) is 4.98. The van der Waals surface area contributed by atoms with Crippen molar-refractivity contribution < 1.29 is 23.7 Å². The van der Waals surface area contributed by atoms with Gasteiger partial charge in [0.1, 0.15) is 24.9 Å². The number of ether oxygens (including phenoxy) is 3. The molecule has 0 radical (unpaired) electrons. The van der Waals surface area contributed by atoms with Crippen LogP contribution < -0.4 is 14.2 Å². The normalized spacial score (nSPS) is 16.8. The van der Waals surface area contributed by atoms with Crippen LogP contribution in [0, 0.1) is 5.82 Å². The van der Waals surface area contributed by atoms with Crippen molar-refractivity contribution in [3.8, 4) is 17.2 Å². The minimum Gasteiger partial charge on any atom is -0.497 e. The summed E-state index contributed by atoms with van der Waals surface area (Å²) in [5, 5.41) is 11.3. The third-order valence-corrected chi connectivity index (χ3v) is 7.62. The van der Waals surface area contributed by atoms with Crippen LogP contribution in [0.25, 0.3) is 10.9 Å². The van der Waals surface area contributed by atoms with E-state index in [0.29, 0.717) is 17.1 Å². The third kappa shape index (κ3) is 3.70. The number of hydrogen-bond donors (Lipinski definition) is 1. The van der Waals surface area contributed by atoms with Gasteiger partial charge in [0.05, 0.1) is 19.7 Å². The molecule has 1 aromatic heterocycles. The highest BCUT2D eigenvalue weighted by Gasteiger charge is 2.36. The molecule has 4 aromatic rings. The number of halogens is 1. The Kier molecular flexibility index (Phi) is 5.82. The summed E-state index contributed by atoms with van der Waals surface area (Å²) < 4.78 is 33.4. The van der Waals surface area contributed by atoms with Crippen molar-refractivity contribution in [2.24, 2.45) is 0 Å². The summed E-state index contributed by atoms with van der Waals surface area (Å²) in [7, 11) is 3.31. The number of fused-ring (bicyclic) bond motifs is 6. The fourth-order valence-electron chi connectivity index (χ4n) is 5.77. The van der Waals surface area contributed by atoms with E-state index in [-0.39, 0.29) is 25.2 Å². The molecule has 7 heteroatoms. The van der Waals surface area contributed by atoms with E-state index in [1.165, 1.54) is 22.8 Å². The van der Waals surface area contributed by atoms with Gasteiger partial charge in [0.2, 0.25) is 0 Å².